The number of hydrogen-bond acceptors (Lipinski definition) is 5. The van der Waals surface area contributed by atoms with Crippen molar-refractivity contribution in [3.05, 3.63) is 82.9 Å². The van der Waals surface area contributed by atoms with Crippen molar-refractivity contribution in [2.45, 2.75) is 88.9 Å². The van der Waals surface area contributed by atoms with Gasteiger partial charge in [0.2, 0.25) is 0 Å². The van der Waals surface area contributed by atoms with Gasteiger partial charge in [-0.05, 0) is 124 Å². The van der Waals surface area contributed by atoms with Crippen LogP contribution in [0.3, 0.4) is 0 Å². The number of fused-ring (bicyclic) bond motifs is 1. The number of nitrogens with one attached hydrogen (secondary N) is 1. The first-order chi connectivity index (χ1) is 21.3. The first-order valence-electron chi connectivity index (χ1n) is 16.7. The number of aliphatic hydroxyl groups is 1. The van der Waals surface area contributed by atoms with E-state index < -0.39 is 0 Å². The zero-order chi connectivity index (χ0) is 30.4. The Balaban J connectivity index is 1.03. The molecular formula is C38H46N2O4. The third-order valence-corrected chi connectivity index (χ3v) is 10.7. The molecule has 4 aliphatic rings. The molecule has 3 aromatic rings. The smallest absolute Gasteiger partial charge is 0.255 e. The van der Waals surface area contributed by atoms with Crippen molar-refractivity contribution in [2.75, 3.05) is 19.6 Å². The maximum Gasteiger partial charge on any atom is 0.255 e. The summed E-state index contributed by atoms with van der Waals surface area (Å²) in [7, 11) is 0. The van der Waals surface area contributed by atoms with Crippen LogP contribution >= 0.6 is 0 Å². The van der Waals surface area contributed by atoms with Gasteiger partial charge >= 0.3 is 0 Å². The number of likely N-dealkylation sites (tertiary alicyclic amines) is 1. The second-order valence-corrected chi connectivity index (χ2v) is 14.0. The molecule has 0 spiro atoms. The molecule has 4 atom stereocenters. The number of amides is 1. The Morgan fingerprint density at radius 3 is 2.43 bits per heavy atom. The van der Waals surface area contributed by atoms with Crippen molar-refractivity contribution in [3.8, 4) is 22.6 Å². The van der Waals surface area contributed by atoms with E-state index in [1.807, 2.05) is 32.0 Å². The zero-order valence-corrected chi connectivity index (χ0v) is 26.1. The molecule has 1 saturated heterocycles. The van der Waals surface area contributed by atoms with Crippen LogP contribution in [-0.2, 0) is 18.3 Å². The van der Waals surface area contributed by atoms with Gasteiger partial charge in [-0.25, -0.2) is 0 Å². The summed E-state index contributed by atoms with van der Waals surface area (Å²) in [6, 6.07) is 21.0. The third kappa shape index (κ3) is 5.63. The van der Waals surface area contributed by atoms with Crippen LogP contribution in [0.2, 0.25) is 0 Å². The summed E-state index contributed by atoms with van der Waals surface area (Å²) in [6.45, 7) is 6.73. The van der Waals surface area contributed by atoms with E-state index in [4.69, 9.17) is 4.74 Å². The number of carbonyl (C=O) groups excluding carboxylic acids is 1. The molecule has 44 heavy (non-hydrogen) atoms. The van der Waals surface area contributed by atoms with E-state index in [0.717, 1.165) is 71.7 Å². The molecule has 2 saturated carbocycles. The highest BCUT2D eigenvalue weighted by Gasteiger charge is 2.57. The molecule has 2 bridgehead atoms. The Kier molecular flexibility index (Phi) is 7.92. The Morgan fingerprint density at radius 2 is 1.73 bits per heavy atom. The maximum atomic E-state index is 13.4. The van der Waals surface area contributed by atoms with Gasteiger partial charge in [-0.1, -0.05) is 42.5 Å². The minimum absolute atomic E-state index is 0.141. The maximum absolute atomic E-state index is 13.4. The molecule has 1 amide bonds. The van der Waals surface area contributed by atoms with Crippen molar-refractivity contribution >= 4 is 5.91 Å². The van der Waals surface area contributed by atoms with Gasteiger partial charge in [0.25, 0.3) is 5.91 Å². The molecular weight excluding hydrogens is 548 g/mol. The van der Waals surface area contributed by atoms with Gasteiger partial charge in [-0.3, -0.25) is 9.69 Å². The topological polar surface area (TPSA) is 82.0 Å². The van der Waals surface area contributed by atoms with Crippen molar-refractivity contribution in [1.29, 1.82) is 0 Å². The molecule has 1 aliphatic heterocycles. The van der Waals surface area contributed by atoms with Crippen LogP contribution in [0.15, 0.2) is 60.7 Å². The molecule has 1 heterocycles. The van der Waals surface area contributed by atoms with Crippen molar-refractivity contribution < 1.29 is 19.7 Å². The summed E-state index contributed by atoms with van der Waals surface area (Å²) in [6.07, 6.45) is 7.56. The minimum atomic E-state index is -0.352. The Bertz CT molecular complexity index is 1500. The Hall–Kier alpha value is -3.35. The first-order valence-corrected chi connectivity index (χ1v) is 16.7. The summed E-state index contributed by atoms with van der Waals surface area (Å²) in [5, 5.41) is 25.6. The number of aliphatic hydroxyl groups excluding tert-OH is 1. The van der Waals surface area contributed by atoms with Crippen LogP contribution in [0.1, 0.15) is 79.4 Å². The summed E-state index contributed by atoms with van der Waals surface area (Å²) in [5.74, 6) is 2.04. The molecule has 3 aliphatic carbocycles. The average Bonchev–Trinajstić information content (AvgIpc) is 3.83. The molecule has 0 radical (unpaired) electrons. The number of phenols is 1. The summed E-state index contributed by atoms with van der Waals surface area (Å²) >= 11 is 0. The van der Waals surface area contributed by atoms with Gasteiger partial charge in [0, 0.05) is 30.1 Å². The molecule has 0 aromatic heterocycles. The molecule has 6 heteroatoms. The normalized spacial score (nSPS) is 26.1. The lowest BCUT2D eigenvalue weighted by Gasteiger charge is -2.60. The van der Waals surface area contributed by atoms with Crippen molar-refractivity contribution in [3.63, 3.8) is 0 Å². The van der Waals surface area contributed by atoms with Crippen LogP contribution < -0.4 is 10.1 Å². The minimum Gasteiger partial charge on any atom is -0.507 e. The van der Waals surface area contributed by atoms with Gasteiger partial charge in [-0.15, -0.1) is 0 Å². The molecule has 7 rings (SSSR count). The highest BCUT2D eigenvalue weighted by molar-refractivity contribution is 5.97. The Morgan fingerprint density at radius 1 is 1.00 bits per heavy atom. The standard InChI is InChI=1S/C38H46N2O4/c1-24(2)44-31-13-9-28(10-14-31)27-7-5-25(6-8-27)17-19-39-37(43)32-15-11-29-21-34-33-16-12-30(41)22-38(33,35(29)36(32)42)18-20-40(34)23-26-3-4-26/h5-11,13-15,24,26,30,33-34,41-42H,3-4,12,16-23H2,1-2H3,(H,39,43). The number of ether oxygens (including phenoxy) is 1. The quantitative estimate of drug-likeness (QED) is 0.273. The fraction of sp³-hybridized carbons (Fsp3) is 0.500. The fourth-order valence-electron chi connectivity index (χ4n) is 8.52. The average molecular weight is 595 g/mol. The lowest BCUT2D eigenvalue weighted by atomic mass is 9.51. The number of carbonyl (C=O) groups is 1. The lowest BCUT2D eigenvalue weighted by Crippen LogP contribution is -2.62. The van der Waals surface area contributed by atoms with Crippen LogP contribution in [-0.4, -0.2) is 58.9 Å². The van der Waals surface area contributed by atoms with Gasteiger partial charge in [0.15, 0.2) is 0 Å². The van der Waals surface area contributed by atoms with E-state index in [1.54, 1.807) is 0 Å². The molecule has 6 nitrogen and oxygen atoms in total. The van der Waals surface area contributed by atoms with Crippen LogP contribution in [0.25, 0.3) is 11.1 Å². The molecule has 232 valence electrons. The zero-order valence-electron chi connectivity index (χ0n) is 26.1. The monoisotopic (exact) mass is 594 g/mol. The predicted molar refractivity (Wildman–Crippen MR) is 173 cm³/mol. The number of rotatable bonds is 9. The molecule has 3 N–H and O–H groups in total. The predicted octanol–water partition coefficient (Wildman–Crippen LogP) is 6.26. The number of aromatic hydroxyl groups is 1. The van der Waals surface area contributed by atoms with Crippen LogP contribution in [0.5, 0.6) is 11.5 Å². The summed E-state index contributed by atoms with van der Waals surface area (Å²) in [4.78, 5) is 16.1. The fourth-order valence-corrected chi connectivity index (χ4v) is 8.52. The number of phenolic OH excluding ortho intramolecular Hbond substituents is 1. The summed E-state index contributed by atoms with van der Waals surface area (Å²) in [5.41, 5.74) is 5.64. The largest absolute Gasteiger partial charge is 0.507 e. The van der Waals surface area contributed by atoms with Crippen molar-refractivity contribution in [1.82, 2.24) is 10.2 Å². The van der Waals surface area contributed by atoms with Crippen molar-refractivity contribution in [2.24, 2.45) is 11.8 Å². The van der Waals surface area contributed by atoms with E-state index in [-0.39, 0.29) is 29.3 Å². The van der Waals surface area contributed by atoms with E-state index in [0.29, 0.717) is 36.9 Å². The number of nitrogens with zero attached hydrogens (tertiary/aromatic N) is 1. The van der Waals surface area contributed by atoms with E-state index in [1.165, 1.54) is 19.4 Å². The van der Waals surface area contributed by atoms with Crippen LogP contribution in [0.4, 0.5) is 0 Å². The lowest BCUT2D eigenvalue weighted by molar-refractivity contribution is -0.0502. The van der Waals surface area contributed by atoms with Gasteiger partial charge in [0.1, 0.15) is 11.5 Å². The highest BCUT2D eigenvalue weighted by Crippen LogP contribution is 2.58. The van der Waals surface area contributed by atoms with E-state index in [9.17, 15) is 15.0 Å². The molecule has 3 aromatic carbocycles. The second kappa shape index (κ2) is 11.9. The highest BCUT2D eigenvalue weighted by atomic mass is 16.5. The van der Waals surface area contributed by atoms with Crippen LogP contribution in [0, 0.1) is 11.8 Å². The van der Waals surface area contributed by atoms with Gasteiger partial charge in [-0.2, -0.15) is 0 Å². The Labute approximate surface area is 261 Å². The van der Waals surface area contributed by atoms with Gasteiger partial charge in [0.05, 0.1) is 17.8 Å². The molecule has 3 fully saturated rings. The third-order valence-electron chi connectivity index (χ3n) is 10.7. The first kappa shape index (κ1) is 29.4. The second-order valence-electron chi connectivity index (χ2n) is 14.0. The van der Waals surface area contributed by atoms with E-state index in [2.05, 4.69) is 52.7 Å². The number of piperidine rings is 1. The number of hydrogen-bond donors (Lipinski definition) is 3. The van der Waals surface area contributed by atoms with Gasteiger partial charge < -0.3 is 20.3 Å². The van der Waals surface area contributed by atoms with E-state index >= 15 is 0 Å². The number of benzene rings is 3. The SMILES string of the molecule is CC(C)Oc1ccc(-c2ccc(CCNC(=O)c3ccc4c(c3O)C35CCN(CC6CC6)C(C4)C3CCC(O)C5)cc2)cc1. The summed E-state index contributed by atoms with van der Waals surface area (Å²) < 4.78 is 5.75. The molecule has 4 unspecified atom stereocenters.